The average Bonchev–Trinajstić information content (AvgIpc) is 2.89. The molecule has 1 N–H and O–H groups in total. The lowest BCUT2D eigenvalue weighted by atomic mass is 9.86. The molecule has 1 amide bonds. The molecule has 6 heteroatoms. The Balaban J connectivity index is 1.66. The molecule has 1 fully saturated rings. The first-order valence-corrected chi connectivity index (χ1v) is 9.56. The van der Waals surface area contributed by atoms with Gasteiger partial charge in [-0.2, -0.15) is 0 Å². The Morgan fingerprint density at radius 1 is 1.07 bits per heavy atom. The number of benzene rings is 2. The topological polar surface area (TPSA) is 63.2 Å². The summed E-state index contributed by atoms with van der Waals surface area (Å²) in [5.74, 6) is -3.86. The van der Waals surface area contributed by atoms with Gasteiger partial charge in [-0.3, -0.25) is 14.4 Å². The molecule has 152 valence electrons. The van der Waals surface area contributed by atoms with Crippen LogP contribution >= 0.6 is 0 Å². The summed E-state index contributed by atoms with van der Waals surface area (Å²) in [4.78, 5) is 37.6. The average molecular weight is 399 g/mol. The van der Waals surface area contributed by atoms with Gasteiger partial charge in [0, 0.05) is 24.9 Å². The van der Waals surface area contributed by atoms with Crippen LogP contribution in [-0.2, 0) is 9.59 Å². The van der Waals surface area contributed by atoms with E-state index in [0.717, 1.165) is 34.4 Å². The van der Waals surface area contributed by atoms with Crippen LogP contribution in [-0.4, -0.2) is 24.0 Å². The molecular formula is C23H23F2NO3. The molecule has 0 aliphatic heterocycles. The summed E-state index contributed by atoms with van der Waals surface area (Å²) in [6.07, 6.45) is 0.427. The number of nitrogens with one attached hydrogen (secondary N) is 1. The fraction of sp³-hybridized carbons (Fsp3) is 0.348. The van der Waals surface area contributed by atoms with Gasteiger partial charge in [-0.15, -0.1) is 0 Å². The number of carbonyl (C=O) groups is 3. The summed E-state index contributed by atoms with van der Waals surface area (Å²) < 4.78 is 26.6. The summed E-state index contributed by atoms with van der Waals surface area (Å²) in [5.41, 5.74) is 3.45. The van der Waals surface area contributed by atoms with Crippen LogP contribution in [0.1, 0.15) is 51.4 Å². The van der Waals surface area contributed by atoms with E-state index < -0.39 is 29.4 Å². The lowest BCUT2D eigenvalue weighted by Gasteiger charge is -2.16. The Labute approximate surface area is 168 Å². The highest BCUT2D eigenvalue weighted by atomic mass is 19.1. The predicted octanol–water partition coefficient (Wildman–Crippen LogP) is 3.95. The molecule has 0 bridgehead atoms. The minimum atomic E-state index is -0.944. The van der Waals surface area contributed by atoms with Gasteiger partial charge >= 0.3 is 0 Å². The largest absolute Gasteiger partial charge is 0.352 e. The Hall–Kier alpha value is -2.89. The van der Waals surface area contributed by atoms with Crippen molar-refractivity contribution in [3.8, 4) is 0 Å². The monoisotopic (exact) mass is 399 g/mol. The fourth-order valence-electron chi connectivity index (χ4n) is 4.18. The van der Waals surface area contributed by atoms with Gasteiger partial charge in [-0.05, 0) is 56.0 Å². The van der Waals surface area contributed by atoms with E-state index in [1.54, 1.807) is 0 Å². The third-order valence-electron chi connectivity index (χ3n) is 5.44. The minimum absolute atomic E-state index is 0.106. The Morgan fingerprint density at radius 2 is 1.72 bits per heavy atom. The van der Waals surface area contributed by atoms with Crippen molar-refractivity contribution >= 4 is 17.5 Å². The minimum Gasteiger partial charge on any atom is -0.352 e. The molecular weight excluding hydrogens is 376 g/mol. The molecule has 4 nitrogen and oxygen atoms in total. The lowest BCUT2D eigenvalue weighted by molar-refractivity contribution is -0.124. The predicted molar refractivity (Wildman–Crippen MR) is 105 cm³/mol. The molecule has 3 rings (SSSR count). The molecule has 29 heavy (non-hydrogen) atoms. The van der Waals surface area contributed by atoms with Gasteiger partial charge < -0.3 is 5.32 Å². The highest BCUT2D eigenvalue weighted by molar-refractivity contribution is 6.15. The smallest absolute Gasteiger partial charge is 0.254 e. The second-order valence-corrected chi connectivity index (χ2v) is 7.68. The second-order valence-electron chi connectivity index (χ2n) is 7.68. The molecule has 0 saturated heterocycles. The van der Waals surface area contributed by atoms with E-state index in [2.05, 4.69) is 5.32 Å². The zero-order valence-electron chi connectivity index (χ0n) is 16.6. The van der Waals surface area contributed by atoms with Crippen molar-refractivity contribution in [2.45, 2.75) is 39.5 Å². The van der Waals surface area contributed by atoms with Gasteiger partial charge in [0.25, 0.3) is 5.91 Å². The maximum Gasteiger partial charge on any atom is 0.254 e. The molecule has 0 heterocycles. The molecule has 2 unspecified atom stereocenters. The number of aryl methyl sites for hydroxylation is 3. The molecule has 2 aromatic carbocycles. The van der Waals surface area contributed by atoms with Crippen LogP contribution in [0, 0.1) is 38.3 Å². The molecule has 1 saturated carbocycles. The van der Waals surface area contributed by atoms with Crippen molar-refractivity contribution in [3.63, 3.8) is 0 Å². The standard InChI is InChI=1S/C23H23F2NO3/c1-12-8-13(2)20(14(3)9-12)21-19(27)10-15(22(21)28)6-7-26-23(29)17-5-4-16(24)11-18(17)25/h4-5,8-9,11,15,21H,6-7,10H2,1-3H3,(H,26,29). The van der Waals surface area contributed by atoms with Crippen LogP contribution in [0.15, 0.2) is 30.3 Å². The van der Waals surface area contributed by atoms with Gasteiger partial charge in [-0.25, -0.2) is 8.78 Å². The van der Waals surface area contributed by atoms with Gasteiger partial charge in [0.05, 0.1) is 5.56 Å². The third kappa shape index (κ3) is 4.26. The van der Waals surface area contributed by atoms with E-state index in [1.807, 2.05) is 32.9 Å². The third-order valence-corrected chi connectivity index (χ3v) is 5.44. The molecule has 1 aliphatic carbocycles. The van der Waals surface area contributed by atoms with Crippen LogP contribution in [0.3, 0.4) is 0 Å². The zero-order valence-corrected chi connectivity index (χ0v) is 16.6. The van der Waals surface area contributed by atoms with E-state index in [4.69, 9.17) is 0 Å². The highest BCUT2D eigenvalue weighted by Gasteiger charge is 2.42. The summed E-state index contributed by atoms with van der Waals surface area (Å²) in [5, 5.41) is 2.54. The lowest BCUT2D eigenvalue weighted by Crippen LogP contribution is -2.28. The van der Waals surface area contributed by atoms with Crippen LogP contribution in [0.2, 0.25) is 0 Å². The van der Waals surface area contributed by atoms with Gasteiger partial charge in [0.2, 0.25) is 0 Å². The normalized spacial score (nSPS) is 18.9. The van der Waals surface area contributed by atoms with Gasteiger partial charge in [-0.1, -0.05) is 17.7 Å². The molecule has 2 atom stereocenters. The van der Waals surface area contributed by atoms with Crippen molar-refractivity contribution in [2.24, 2.45) is 5.92 Å². The zero-order chi connectivity index (χ0) is 21.3. The van der Waals surface area contributed by atoms with Gasteiger partial charge in [0.1, 0.15) is 23.3 Å². The van der Waals surface area contributed by atoms with E-state index in [9.17, 15) is 23.2 Å². The number of halogens is 2. The highest BCUT2D eigenvalue weighted by Crippen LogP contribution is 2.37. The Bertz CT molecular complexity index is 977. The number of Topliss-reactive ketones (excluding diaryl/α,β-unsaturated/α-hetero) is 2. The van der Waals surface area contributed by atoms with E-state index in [0.29, 0.717) is 12.5 Å². The van der Waals surface area contributed by atoms with Crippen molar-refractivity contribution in [1.29, 1.82) is 0 Å². The van der Waals surface area contributed by atoms with Gasteiger partial charge in [0.15, 0.2) is 5.78 Å². The summed E-state index contributed by atoms with van der Waals surface area (Å²) >= 11 is 0. The molecule has 2 aromatic rings. The summed E-state index contributed by atoms with van der Waals surface area (Å²) in [6.45, 7) is 5.90. The Morgan fingerprint density at radius 3 is 2.34 bits per heavy atom. The maximum absolute atomic E-state index is 13.7. The summed E-state index contributed by atoms with van der Waals surface area (Å²) in [6, 6.07) is 6.66. The molecule has 1 aliphatic rings. The fourth-order valence-corrected chi connectivity index (χ4v) is 4.18. The van der Waals surface area contributed by atoms with Crippen molar-refractivity contribution in [3.05, 3.63) is 69.8 Å². The second kappa shape index (κ2) is 8.23. The van der Waals surface area contributed by atoms with Crippen LogP contribution in [0.25, 0.3) is 0 Å². The van der Waals surface area contributed by atoms with Crippen LogP contribution in [0.4, 0.5) is 8.78 Å². The molecule has 0 spiro atoms. The first kappa shape index (κ1) is 20.8. The van der Waals surface area contributed by atoms with Crippen molar-refractivity contribution in [1.82, 2.24) is 5.32 Å². The number of hydrogen-bond acceptors (Lipinski definition) is 3. The quantitative estimate of drug-likeness (QED) is 0.775. The first-order chi connectivity index (χ1) is 13.7. The number of carbonyl (C=O) groups excluding carboxylic acids is 3. The number of hydrogen-bond donors (Lipinski definition) is 1. The Kier molecular flexibility index (Phi) is 5.91. The summed E-state index contributed by atoms with van der Waals surface area (Å²) in [7, 11) is 0. The van der Waals surface area contributed by atoms with E-state index in [-0.39, 0.29) is 30.1 Å². The number of rotatable bonds is 5. The van der Waals surface area contributed by atoms with Crippen molar-refractivity contribution in [2.75, 3.05) is 6.54 Å². The molecule has 0 aromatic heterocycles. The van der Waals surface area contributed by atoms with E-state index in [1.165, 1.54) is 0 Å². The maximum atomic E-state index is 13.7. The van der Waals surface area contributed by atoms with E-state index >= 15 is 0 Å². The van der Waals surface area contributed by atoms with Crippen molar-refractivity contribution < 1.29 is 23.2 Å². The number of ketones is 2. The number of amides is 1. The van der Waals surface area contributed by atoms with Crippen LogP contribution < -0.4 is 5.32 Å². The first-order valence-electron chi connectivity index (χ1n) is 9.56. The van der Waals surface area contributed by atoms with Crippen LogP contribution in [0.5, 0.6) is 0 Å². The molecule has 0 radical (unpaired) electrons. The SMILES string of the molecule is Cc1cc(C)c(C2C(=O)CC(CCNC(=O)c3ccc(F)cc3F)C2=O)c(C)c1.